The minimum absolute atomic E-state index is 0.189. The zero-order valence-electron chi connectivity index (χ0n) is 18.1. The first-order chi connectivity index (χ1) is 15.4. The summed E-state index contributed by atoms with van der Waals surface area (Å²) in [5.74, 6) is 0.889. The molecule has 0 fully saturated rings. The second-order valence-corrected chi connectivity index (χ2v) is 7.10. The molecule has 2 heterocycles. The summed E-state index contributed by atoms with van der Waals surface area (Å²) in [4.78, 5) is 26.6. The zero-order valence-corrected chi connectivity index (χ0v) is 18.1. The van der Waals surface area contributed by atoms with E-state index >= 15 is 0 Å². The number of hydrogen-bond acceptors (Lipinski definition) is 8. The number of hydrogen-bond donors (Lipinski definition) is 1. The summed E-state index contributed by atoms with van der Waals surface area (Å²) in [5.41, 5.74) is 1.59. The quantitative estimate of drug-likeness (QED) is 0.435. The monoisotopic (exact) mass is 443 g/mol. The van der Waals surface area contributed by atoms with E-state index in [1.807, 2.05) is 12.1 Å². The maximum absolute atomic E-state index is 11.2. The first-order valence-electron chi connectivity index (χ1n) is 10.1. The molecule has 9 nitrogen and oxygen atoms in total. The van der Waals surface area contributed by atoms with Gasteiger partial charge in [0.15, 0.2) is 23.4 Å². The van der Waals surface area contributed by atoms with E-state index in [0.29, 0.717) is 47.4 Å². The molecule has 0 amide bonds. The zero-order chi connectivity index (χ0) is 23.1. The summed E-state index contributed by atoms with van der Waals surface area (Å²) in [6, 6.07) is 9.03. The van der Waals surface area contributed by atoms with Crippen molar-refractivity contribution < 1.29 is 37.7 Å². The Kier molecular flexibility index (Phi) is 7.54. The van der Waals surface area contributed by atoms with Gasteiger partial charge in [0, 0.05) is 6.92 Å². The van der Waals surface area contributed by atoms with Crippen LogP contribution >= 0.6 is 0 Å². The summed E-state index contributed by atoms with van der Waals surface area (Å²) in [6.45, 7) is 3.19. The Labute approximate surface area is 184 Å². The van der Waals surface area contributed by atoms with Crippen molar-refractivity contribution in [3.05, 3.63) is 53.6 Å². The van der Waals surface area contributed by atoms with Gasteiger partial charge >= 0.3 is 11.9 Å². The van der Waals surface area contributed by atoms with Crippen LogP contribution in [0.15, 0.2) is 45.4 Å². The van der Waals surface area contributed by atoms with Crippen molar-refractivity contribution in [3.8, 4) is 23.1 Å². The van der Waals surface area contributed by atoms with Crippen molar-refractivity contribution in [2.75, 3.05) is 7.11 Å². The molecule has 2 aromatic heterocycles. The highest BCUT2D eigenvalue weighted by Crippen LogP contribution is 2.30. The second kappa shape index (κ2) is 10.5. The van der Waals surface area contributed by atoms with Gasteiger partial charge in [0.05, 0.1) is 13.4 Å². The number of methoxy groups -OCH3 is 1. The molecule has 0 saturated heterocycles. The van der Waals surface area contributed by atoms with Crippen LogP contribution in [0.25, 0.3) is 11.7 Å². The molecule has 9 heteroatoms. The summed E-state index contributed by atoms with van der Waals surface area (Å²) >= 11 is 0. The lowest BCUT2D eigenvalue weighted by molar-refractivity contribution is -0.162. The smallest absolute Gasteiger partial charge is 0.345 e. The Hall–Kier alpha value is -3.75. The molecule has 3 rings (SSSR count). The van der Waals surface area contributed by atoms with Gasteiger partial charge in [-0.3, -0.25) is 4.79 Å². The summed E-state index contributed by atoms with van der Waals surface area (Å²) in [5, 5.41) is 9.13. The molecular formula is C23H25NO8. The number of oxazole rings is 1. The highest BCUT2D eigenvalue weighted by molar-refractivity contribution is 5.76. The first kappa shape index (κ1) is 22.9. The minimum Gasteiger partial charge on any atom is -0.493 e. The largest absolute Gasteiger partial charge is 0.493 e. The van der Waals surface area contributed by atoms with Crippen molar-refractivity contribution in [2.24, 2.45) is 0 Å². The number of nitrogens with zero attached hydrogens (tertiary/aromatic N) is 1. The van der Waals surface area contributed by atoms with Crippen LogP contribution in [0.4, 0.5) is 0 Å². The predicted octanol–water partition coefficient (Wildman–Crippen LogP) is 4.17. The number of esters is 1. The molecule has 32 heavy (non-hydrogen) atoms. The molecule has 3 aromatic rings. The number of furan rings is 1. The topological polar surface area (TPSA) is 121 Å². The Morgan fingerprint density at radius 2 is 2.03 bits per heavy atom. The van der Waals surface area contributed by atoms with Gasteiger partial charge in [-0.1, -0.05) is 6.07 Å². The van der Waals surface area contributed by atoms with E-state index in [-0.39, 0.29) is 13.0 Å². The molecule has 0 saturated carbocycles. The summed E-state index contributed by atoms with van der Waals surface area (Å²) in [7, 11) is 1.55. The van der Waals surface area contributed by atoms with Gasteiger partial charge in [0.2, 0.25) is 0 Å². The van der Waals surface area contributed by atoms with Gasteiger partial charge in [-0.15, -0.1) is 0 Å². The maximum Gasteiger partial charge on any atom is 0.345 e. The van der Waals surface area contributed by atoms with Gasteiger partial charge in [0.1, 0.15) is 18.1 Å². The van der Waals surface area contributed by atoms with Gasteiger partial charge in [0.25, 0.3) is 5.89 Å². The summed E-state index contributed by atoms with van der Waals surface area (Å²) < 4.78 is 27.1. The number of carboxylic acids is 1. The molecule has 0 bridgehead atoms. The maximum atomic E-state index is 11.2. The Balaban J connectivity index is 1.59. The first-order valence-corrected chi connectivity index (χ1v) is 10.1. The van der Waals surface area contributed by atoms with Gasteiger partial charge < -0.3 is 28.2 Å². The predicted molar refractivity (Wildman–Crippen MR) is 112 cm³/mol. The molecule has 0 aliphatic rings. The fraction of sp³-hybridized carbons (Fsp3) is 0.348. The highest BCUT2D eigenvalue weighted by atomic mass is 16.6. The molecule has 1 N–H and O–H groups in total. The fourth-order valence-electron chi connectivity index (χ4n) is 3.13. The molecule has 0 aliphatic carbocycles. The average molecular weight is 443 g/mol. The lowest BCUT2D eigenvalue weighted by Crippen LogP contribution is -2.26. The molecule has 1 aromatic carbocycles. The molecule has 1 unspecified atom stereocenters. The Morgan fingerprint density at radius 1 is 1.22 bits per heavy atom. The number of aromatic nitrogens is 1. The highest BCUT2D eigenvalue weighted by Gasteiger charge is 2.20. The number of aliphatic carboxylic acids is 1. The van der Waals surface area contributed by atoms with Crippen LogP contribution in [0.2, 0.25) is 0 Å². The number of carbonyl (C=O) groups excluding carboxylic acids is 1. The van der Waals surface area contributed by atoms with E-state index in [1.54, 1.807) is 38.5 Å². The SMILES string of the molecule is COc1cc(CCCC(OC(C)=O)C(=O)O)ccc1OCc1nc(-c2ccco2)oc1C. The van der Waals surface area contributed by atoms with Crippen molar-refractivity contribution in [2.45, 2.75) is 45.8 Å². The number of carboxylic acid groups (broad SMARTS) is 1. The van der Waals surface area contributed by atoms with Crippen LogP contribution in [0, 0.1) is 6.92 Å². The molecule has 0 spiro atoms. The molecule has 170 valence electrons. The lowest BCUT2D eigenvalue weighted by Gasteiger charge is -2.13. The van der Waals surface area contributed by atoms with Crippen LogP contribution in [0.3, 0.4) is 0 Å². The average Bonchev–Trinajstić information content (AvgIpc) is 3.41. The second-order valence-electron chi connectivity index (χ2n) is 7.10. The van der Waals surface area contributed by atoms with E-state index in [0.717, 1.165) is 5.56 Å². The van der Waals surface area contributed by atoms with Crippen molar-refractivity contribution in [1.29, 1.82) is 0 Å². The number of carbonyl (C=O) groups is 2. The van der Waals surface area contributed by atoms with Gasteiger partial charge in [-0.05, 0) is 56.0 Å². The lowest BCUT2D eigenvalue weighted by atomic mass is 10.1. The van der Waals surface area contributed by atoms with Crippen LogP contribution < -0.4 is 9.47 Å². The van der Waals surface area contributed by atoms with E-state index in [2.05, 4.69) is 4.98 Å². The van der Waals surface area contributed by atoms with E-state index in [9.17, 15) is 9.59 Å². The number of aryl methyl sites for hydroxylation is 2. The van der Waals surface area contributed by atoms with Crippen LogP contribution in [0.1, 0.15) is 36.8 Å². The molecule has 0 aliphatic heterocycles. The Bertz CT molecular complexity index is 1050. The van der Waals surface area contributed by atoms with Crippen molar-refractivity contribution in [1.82, 2.24) is 4.98 Å². The number of ether oxygens (including phenoxy) is 3. The minimum atomic E-state index is -1.15. The van der Waals surface area contributed by atoms with Gasteiger partial charge in [-0.2, -0.15) is 0 Å². The fourth-order valence-corrected chi connectivity index (χ4v) is 3.13. The number of benzene rings is 1. The standard InChI is InChI=1S/C23H25NO8/c1-14-17(24-22(31-14)19-8-5-11-29-19)13-30-18-10-9-16(12-21(18)28-3)6-4-7-20(23(26)27)32-15(2)25/h5,8-12,20H,4,6-7,13H2,1-3H3,(H,26,27). The third-order valence-electron chi connectivity index (χ3n) is 4.73. The van der Waals surface area contributed by atoms with Crippen molar-refractivity contribution in [3.63, 3.8) is 0 Å². The molecular weight excluding hydrogens is 418 g/mol. The van der Waals surface area contributed by atoms with Gasteiger partial charge in [-0.25, -0.2) is 9.78 Å². The van der Waals surface area contributed by atoms with Crippen molar-refractivity contribution >= 4 is 11.9 Å². The molecule has 0 radical (unpaired) electrons. The van der Waals surface area contributed by atoms with E-state index < -0.39 is 18.0 Å². The Morgan fingerprint density at radius 3 is 2.69 bits per heavy atom. The van der Waals surface area contributed by atoms with Crippen LogP contribution in [-0.2, 0) is 27.4 Å². The van der Waals surface area contributed by atoms with E-state index in [4.69, 9.17) is 28.2 Å². The van der Waals surface area contributed by atoms with Crippen LogP contribution in [-0.4, -0.2) is 35.2 Å². The van der Waals surface area contributed by atoms with E-state index in [1.165, 1.54) is 6.92 Å². The molecule has 1 atom stereocenters. The summed E-state index contributed by atoms with van der Waals surface area (Å²) in [6.07, 6.45) is 1.75. The third kappa shape index (κ3) is 5.90. The third-order valence-corrected chi connectivity index (χ3v) is 4.73. The van der Waals surface area contributed by atoms with Crippen LogP contribution in [0.5, 0.6) is 11.5 Å². The normalized spacial score (nSPS) is 11.7. The number of rotatable bonds is 11.